The lowest BCUT2D eigenvalue weighted by atomic mass is 10.1. The summed E-state index contributed by atoms with van der Waals surface area (Å²) in [5.74, 6) is -0.0533. The number of ether oxygens (including phenoxy) is 1. The van der Waals surface area contributed by atoms with E-state index in [1.165, 1.54) is 6.08 Å². The third-order valence-electron chi connectivity index (χ3n) is 1.76. The summed E-state index contributed by atoms with van der Waals surface area (Å²) in [5, 5.41) is 8.82. The van der Waals surface area contributed by atoms with Gasteiger partial charge in [-0.1, -0.05) is 19.9 Å². The van der Waals surface area contributed by atoms with Crippen molar-refractivity contribution >= 4 is 11.8 Å². The van der Waals surface area contributed by atoms with E-state index in [2.05, 4.69) is 6.58 Å². The molecule has 100 valence electrons. The molecule has 0 aliphatic rings. The van der Waals surface area contributed by atoms with E-state index in [0.29, 0.717) is 12.8 Å². The molecule has 0 saturated carbocycles. The quantitative estimate of drug-likeness (QED) is 0.575. The normalized spacial score (nSPS) is 11.2. The zero-order valence-electron chi connectivity index (χ0n) is 11.2. The number of aliphatic hydroxyl groups excluding tert-OH is 1. The first-order chi connectivity index (χ1) is 7.87. The van der Waals surface area contributed by atoms with Crippen molar-refractivity contribution in [3.63, 3.8) is 0 Å². The van der Waals surface area contributed by atoms with E-state index in [1.807, 2.05) is 13.8 Å². The SMILES string of the molecule is C=CC(O)CC(=O)CC.CCC(=O)OC(C)C. The van der Waals surface area contributed by atoms with Gasteiger partial charge in [0.15, 0.2) is 0 Å². The predicted molar refractivity (Wildman–Crippen MR) is 67.6 cm³/mol. The van der Waals surface area contributed by atoms with Crippen LogP contribution in [0.2, 0.25) is 0 Å². The third kappa shape index (κ3) is 14.8. The molecule has 0 rings (SSSR count). The minimum atomic E-state index is -0.655. The van der Waals surface area contributed by atoms with Crippen molar-refractivity contribution in [1.82, 2.24) is 0 Å². The van der Waals surface area contributed by atoms with Crippen LogP contribution in [0.5, 0.6) is 0 Å². The standard InChI is InChI=1S/C7H12O2.C6H12O2/c1-3-6(8)5-7(9)4-2;1-4-6(7)8-5(2)3/h3,6,8H,1,4-5H2,2H3;5H,4H2,1-3H3. The minimum Gasteiger partial charge on any atom is -0.463 e. The number of carbonyl (C=O) groups is 2. The lowest BCUT2D eigenvalue weighted by Crippen LogP contribution is -2.09. The summed E-state index contributed by atoms with van der Waals surface area (Å²) >= 11 is 0. The van der Waals surface area contributed by atoms with E-state index < -0.39 is 6.10 Å². The largest absolute Gasteiger partial charge is 0.463 e. The van der Waals surface area contributed by atoms with Gasteiger partial charge in [0.25, 0.3) is 0 Å². The highest BCUT2D eigenvalue weighted by atomic mass is 16.5. The highest BCUT2D eigenvalue weighted by Gasteiger charge is 2.03. The van der Waals surface area contributed by atoms with Crippen LogP contribution in [0.4, 0.5) is 0 Å². The molecule has 0 heterocycles. The molecule has 0 radical (unpaired) electrons. The van der Waals surface area contributed by atoms with Crippen LogP contribution in [0.3, 0.4) is 0 Å². The zero-order chi connectivity index (χ0) is 13.8. The molecule has 0 aliphatic heterocycles. The Morgan fingerprint density at radius 2 is 1.82 bits per heavy atom. The molecular weight excluding hydrogens is 220 g/mol. The Hall–Kier alpha value is -1.16. The monoisotopic (exact) mass is 244 g/mol. The summed E-state index contributed by atoms with van der Waals surface area (Å²) in [6.07, 6.45) is 1.91. The summed E-state index contributed by atoms with van der Waals surface area (Å²) in [5.41, 5.74) is 0. The Morgan fingerprint density at radius 1 is 1.29 bits per heavy atom. The van der Waals surface area contributed by atoms with Crippen molar-refractivity contribution in [2.75, 3.05) is 0 Å². The highest BCUT2D eigenvalue weighted by molar-refractivity contribution is 5.78. The summed E-state index contributed by atoms with van der Waals surface area (Å²) in [6, 6.07) is 0. The minimum absolute atomic E-state index is 0.0300. The maximum absolute atomic E-state index is 10.6. The van der Waals surface area contributed by atoms with Crippen molar-refractivity contribution in [2.24, 2.45) is 0 Å². The number of hydrogen-bond acceptors (Lipinski definition) is 4. The van der Waals surface area contributed by atoms with E-state index in [9.17, 15) is 9.59 Å². The molecule has 0 saturated heterocycles. The van der Waals surface area contributed by atoms with E-state index in [0.717, 1.165) is 0 Å². The molecule has 0 bridgehead atoms. The van der Waals surface area contributed by atoms with Crippen molar-refractivity contribution in [3.05, 3.63) is 12.7 Å². The molecule has 1 unspecified atom stereocenters. The van der Waals surface area contributed by atoms with Gasteiger partial charge in [0.2, 0.25) is 0 Å². The summed E-state index contributed by atoms with van der Waals surface area (Å²) in [7, 11) is 0. The molecule has 0 aliphatic carbocycles. The highest BCUT2D eigenvalue weighted by Crippen LogP contribution is 1.95. The number of carbonyl (C=O) groups excluding carboxylic acids is 2. The molecule has 4 heteroatoms. The van der Waals surface area contributed by atoms with Gasteiger partial charge >= 0.3 is 5.97 Å². The Morgan fingerprint density at radius 3 is 2.06 bits per heavy atom. The fourth-order valence-electron chi connectivity index (χ4n) is 0.807. The fourth-order valence-corrected chi connectivity index (χ4v) is 0.807. The lowest BCUT2D eigenvalue weighted by Gasteiger charge is -2.04. The number of hydrogen-bond donors (Lipinski definition) is 1. The first-order valence-electron chi connectivity index (χ1n) is 5.89. The number of rotatable bonds is 6. The van der Waals surface area contributed by atoms with Gasteiger partial charge in [-0.2, -0.15) is 0 Å². The first kappa shape index (κ1) is 18.2. The Kier molecular flexibility index (Phi) is 12.1. The van der Waals surface area contributed by atoms with Crippen LogP contribution in [-0.2, 0) is 14.3 Å². The van der Waals surface area contributed by atoms with Gasteiger partial charge in [0.05, 0.1) is 12.2 Å². The third-order valence-corrected chi connectivity index (χ3v) is 1.76. The molecule has 1 N–H and O–H groups in total. The first-order valence-corrected chi connectivity index (χ1v) is 5.89. The molecule has 0 aromatic heterocycles. The maximum Gasteiger partial charge on any atom is 0.305 e. The van der Waals surface area contributed by atoms with Crippen LogP contribution in [0, 0.1) is 0 Å². The summed E-state index contributed by atoms with van der Waals surface area (Å²) in [6.45, 7) is 10.6. The molecule has 0 aromatic rings. The molecule has 0 fully saturated rings. The van der Waals surface area contributed by atoms with Crippen LogP contribution in [0.15, 0.2) is 12.7 Å². The number of esters is 1. The topological polar surface area (TPSA) is 63.6 Å². The van der Waals surface area contributed by atoms with E-state index in [4.69, 9.17) is 9.84 Å². The summed E-state index contributed by atoms with van der Waals surface area (Å²) in [4.78, 5) is 21.0. The molecule has 1 atom stereocenters. The van der Waals surface area contributed by atoms with Gasteiger partial charge < -0.3 is 9.84 Å². The van der Waals surface area contributed by atoms with Crippen molar-refractivity contribution in [1.29, 1.82) is 0 Å². The average Bonchev–Trinajstić information content (AvgIpc) is 2.28. The molecule has 0 aromatic carbocycles. The predicted octanol–water partition coefficient (Wildman–Crippen LogP) is 2.25. The zero-order valence-corrected chi connectivity index (χ0v) is 11.2. The molecule has 17 heavy (non-hydrogen) atoms. The van der Waals surface area contributed by atoms with Gasteiger partial charge in [-0.25, -0.2) is 0 Å². The summed E-state index contributed by atoms with van der Waals surface area (Å²) < 4.78 is 4.76. The van der Waals surface area contributed by atoms with Gasteiger partial charge in [0.1, 0.15) is 5.78 Å². The molecule has 0 spiro atoms. The Bertz CT molecular complexity index is 234. The van der Waals surface area contributed by atoms with Crippen LogP contribution >= 0.6 is 0 Å². The Labute approximate surface area is 104 Å². The van der Waals surface area contributed by atoms with E-state index in [-0.39, 0.29) is 24.3 Å². The van der Waals surface area contributed by atoms with Gasteiger partial charge in [-0.3, -0.25) is 9.59 Å². The number of ketones is 1. The second-order valence-corrected chi connectivity index (χ2v) is 3.79. The molecular formula is C13H24O4. The Balaban J connectivity index is 0. The van der Waals surface area contributed by atoms with Crippen LogP contribution < -0.4 is 0 Å². The van der Waals surface area contributed by atoms with Crippen LogP contribution in [0.1, 0.15) is 47.0 Å². The van der Waals surface area contributed by atoms with Crippen LogP contribution in [-0.4, -0.2) is 29.1 Å². The second-order valence-electron chi connectivity index (χ2n) is 3.79. The molecule has 0 amide bonds. The van der Waals surface area contributed by atoms with Gasteiger partial charge in [-0.15, -0.1) is 6.58 Å². The smallest absolute Gasteiger partial charge is 0.305 e. The number of aliphatic hydroxyl groups is 1. The van der Waals surface area contributed by atoms with Gasteiger partial charge in [0, 0.05) is 19.3 Å². The van der Waals surface area contributed by atoms with E-state index in [1.54, 1.807) is 13.8 Å². The molecule has 4 nitrogen and oxygen atoms in total. The van der Waals surface area contributed by atoms with Gasteiger partial charge in [-0.05, 0) is 13.8 Å². The maximum atomic E-state index is 10.6. The van der Waals surface area contributed by atoms with Crippen molar-refractivity contribution in [2.45, 2.75) is 59.2 Å². The van der Waals surface area contributed by atoms with Crippen LogP contribution in [0.25, 0.3) is 0 Å². The average molecular weight is 244 g/mol. The van der Waals surface area contributed by atoms with E-state index >= 15 is 0 Å². The second kappa shape index (κ2) is 11.3. The van der Waals surface area contributed by atoms with Crippen molar-refractivity contribution < 1.29 is 19.4 Å². The van der Waals surface area contributed by atoms with Crippen molar-refractivity contribution in [3.8, 4) is 0 Å². The fraction of sp³-hybridized carbons (Fsp3) is 0.692. The lowest BCUT2D eigenvalue weighted by molar-refractivity contribution is -0.146. The number of Topliss-reactive ketones (excluding diaryl/α,β-unsaturated/α-hetero) is 1.